The third-order valence-corrected chi connectivity index (χ3v) is 2.85. The molecule has 2 atom stereocenters. The highest BCUT2D eigenvalue weighted by molar-refractivity contribution is 5.05. The van der Waals surface area contributed by atoms with E-state index in [2.05, 4.69) is 12.2 Å². The molecule has 2 rings (SSSR count). The first kappa shape index (κ1) is 10.7. The van der Waals surface area contributed by atoms with E-state index in [1.165, 1.54) is 0 Å². The number of nitrogens with one attached hydrogen (secondary N) is 1. The maximum absolute atomic E-state index is 5.51. The smallest absolute Gasteiger partial charge is 0.117 e. The van der Waals surface area contributed by atoms with Crippen LogP contribution in [-0.4, -0.2) is 18.8 Å². The Labute approximate surface area is 90.8 Å². The predicted molar refractivity (Wildman–Crippen MR) is 58.7 cm³/mol. The van der Waals surface area contributed by atoms with E-state index in [1.54, 1.807) is 0 Å². The Morgan fingerprint density at radius 2 is 2.33 bits per heavy atom. The summed E-state index contributed by atoms with van der Waals surface area (Å²) in [7, 11) is 0. The normalized spacial score (nSPS) is 26.8. The maximum atomic E-state index is 5.51. The summed E-state index contributed by atoms with van der Waals surface area (Å²) in [4.78, 5) is 0. The predicted octanol–water partition coefficient (Wildman–Crippen LogP) is 2.25. The van der Waals surface area contributed by atoms with E-state index in [-0.39, 0.29) is 0 Å². The Balaban J connectivity index is 1.77. The first-order chi connectivity index (χ1) is 7.24. The van der Waals surface area contributed by atoms with Crippen molar-refractivity contribution in [2.24, 2.45) is 0 Å². The third-order valence-electron chi connectivity index (χ3n) is 2.85. The van der Waals surface area contributed by atoms with Crippen LogP contribution in [0.2, 0.25) is 0 Å². The van der Waals surface area contributed by atoms with Crippen LogP contribution < -0.4 is 5.32 Å². The third kappa shape index (κ3) is 3.08. The Morgan fingerprint density at radius 1 is 1.47 bits per heavy atom. The number of rotatable bonds is 3. The topological polar surface area (TPSA) is 34.4 Å². The van der Waals surface area contributed by atoms with Crippen molar-refractivity contribution in [3.05, 3.63) is 23.7 Å². The van der Waals surface area contributed by atoms with Crippen LogP contribution in [0.5, 0.6) is 0 Å². The number of ether oxygens (including phenoxy) is 1. The molecule has 1 aliphatic rings. The van der Waals surface area contributed by atoms with Crippen molar-refractivity contribution in [2.45, 2.75) is 45.4 Å². The van der Waals surface area contributed by atoms with Gasteiger partial charge in [-0.05, 0) is 38.8 Å². The number of hydrogen-bond acceptors (Lipinski definition) is 3. The Bertz CT molecular complexity index is 308. The molecule has 0 spiro atoms. The molecule has 3 heteroatoms. The summed E-state index contributed by atoms with van der Waals surface area (Å²) in [5.41, 5.74) is 0. The average molecular weight is 209 g/mol. The highest BCUT2D eigenvalue weighted by Crippen LogP contribution is 2.14. The molecule has 15 heavy (non-hydrogen) atoms. The summed E-state index contributed by atoms with van der Waals surface area (Å²) in [6, 6.07) is 4.61. The Morgan fingerprint density at radius 3 is 3.00 bits per heavy atom. The van der Waals surface area contributed by atoms with Crippen LogP contribution in [0.3, 0.4) is 0 Å². The summed E-state index contributed by atoms with van der Waals surface area (Å²) >= 11 is 0. The van der Waals surface area contributed by atoms with Crippen molar-refractivity contribution >= 4 is 0 Å². The maximum Gasteiger partial charge on any atom is 0.117 e. The lowest BCUT2D eigenvalue weighted by atomic mass is 10.0. The van der Waals surface area contributed by atoms with E-state index in [4.69, 9.17) is 9.15 Å². The van der Waals surface area contributed by atoms with E-state index in [1.807, 2.05) is 19.1 Å². The van der Waals surface area contributed by atoms with Gasteiger partial charge in [-0.1, -0.05) is 0 Å². The Hall–Kier alpha value is -0.800. The molecule has 1 N–H and O–H groups in total. The fraction of sp³-hybridized carbons (Fsp3) is 0.667. The highest BCUT2D eigenvalue weighted by Gasteiger charge is 2.18. The molecule has 1 aromatic heterocycles. The molecule has 1 aliphatic heterocycles. The monoisotopic (exact) mass is 209 g/mol. The van der Waals surface area contributed by atoms with Gasteiger partial charge >= 0.3 is 0 Å². The highest BCUT2D eigenvalue weighted by atomic mass is 16.5. The average Bonchev–Trinajstić information content (AvgIpc) is 2.62. The Kier molecular flexibility index (Phi) is 3.44. The van der Waals surface area contributed by atoms with Gasteiger partial charge in [0.15, 0.2) is 0 Å². The summed E-state index contributed by atoms with van der Waals surface area (Å²) in [5, 5.41) is 3.51. The minimum atomic E-state index is 0.384. The first-order valence-electron chi connectivity index (χ1n) is 5.64. The second-order valence-corrected chi connectivity index (χ2v) is 4.30. The lowest BCUT2D eigenvalue weighted by Gasteiger charge is -2.27. The zero-order valence-corrected chi connectivity index (χ0v) is 9.45. The fourth-order valence-electron chi connectivity index (χ4n) is 2.01. The van der Waals surface area contributed by atoms with Gasteiger partial charge in [0.05, 0.1) is 12.6 Å². The SMILES string of the molecule is Cc1ccc(CNC2CCOC(C)C2)o1. The van der Waals surface area contributed by atoms with Crippen molar-refractivity contribution in [1.82, 2.24) is 5.32 Å². The molecule has 2 unspecified atom stereocenters. The molecule has 0 aliphatic carbocycles. The van der Waals surface area contributed by atoms with Gasteiger partial charge in [-0.25, -0.2) is 0 Å². The minimum Gasteiger partial charge on any atom is -0.465 e. The quantitative estimate of drug-likeness (QED) is 0.829. The zero-order chi connectivity index (χ0) is 10.7. The van der Waals surface area contributed by atoms with E-state index in [0.29, 0.717) is 12.1 Å². The summed E-state index contributed by atoms with van der Waals surface area (Å²) < 4.78 is 11.0. The molecule has 0 radical (unpaired) electrons. The summed E-state index contributed by atoms with van der Waals surface area (Å²) in [6.45, 7) is 5.80. The number of hydrogen-bond donors (Lipinski definition) is 1. The molecule has 3 nitrogen and oxygen atoms in total. The molecule has 1 saturated heterocycles. The lowest BCUT2D eigenvalue weighted by Crippen LogP contribution is -2.37. The van der Waals surface area contributed by atoms with Crippen LogP contribution in [0.25, 0.3) is 0 Å². The van der Waals surface area contributed by atoms with Crippen molar-refractivity contribution in [3.8, 4) is 0 Å². The van der Waals surface area contributed by atoms with Gasteiger partial charge in [-0.2, -0.15) is 0 Å². The molecule has 1 fully saturated rings. The van der Waals surface area contributed by atoms with Crippen LogP contribution in [0.1, 0.15) is 31.3 Å². The van der Waals surface area contributed by atoms with E-state index in [9.17, 15) is 0 Å². The van der Waals surface area contributed by atoms with Crippen molar-refractivity contribution in [1.29, 1.82) is 0 Å². The minimum absolute atomic E-state index is 0.384. The molecule has 0 bridgehead atoms. The van der Waals surface area contributed by atoms with Crippen molar-refractivity contribution in [2.75, 3.05) is 6.61 Å². The number of aryl methyl sites for hydroxylation is 1. The lowest BCUT2D eigenvalue weighted by molar-refractivity contribution is 0.0127. The summed E-state index contributed by atoms with van der Waals surface area (Å²) in [6.07, 6.45) is 2.58. The van der Waals surface area contributed by atoms with Crippen LogP contribution >= 0.6 is 0 Å². The van der Waals surface area contributed by atoms with Crippen LogP contribution in [0.15, 0.2) is 16.5 Å². The van der Waals surface area contributed by atoms with E-state index in [0.717, 1.165) is 37.5 Å². The standard InChI is InChI=1S/C12H19NO2/c1-9-3-4-12(15-9)8-13-11-5-6-14-10(2)7-11/h3-4,10-11,13H,5-8H2,1-2H3. The zero-order valence-electron chi connectivity index (χ0n) is 9.45. The van der Waals surface area contributed by atoms with E-state index < -0.39 is 0 Å². The van der Waals surface area contributed by atoms with Gasteiger partial charge in [-0.15, -0.1) is 0 Å². The number of furan rings is 1. The molecular weight excluding hydrogens is 190 g/mol. The van der Waals surface area contributed by atoms with Gasteiger partial charge in [0, 0.05) is 12.6 Å². The van der Waals surface area contributed by atoms with Gasteiger partial charge < -0.3 is 14.5 Å². The second-order valence-electron chi connectivity index (χ2n) is 4.30. The van der Waals surface area contributed by atoms with Crippen LogP contribution in [0.4, 0.5) is 0 Å². The van der Waals surface area contributed by atoms with Gasteiger partial charge in [-0.3, -0.25) is 0 Å². The van der Waals surface area contributed by atoms with Crippen molar-refractivity contribution in [3.63, 3.8) is 0 Å². The van der Waals surface area contributed by atoms with Gasteiger partial charge in [0.1, 0.15) is 11.5 Å². The molecule has 0 aromatic carbocycles. The van der Waals surface area contributed by atoms with Gasteiger partial charge in [0.2, 0.25) is 0 Å². The second kappa shape index (κ2) is 4.81. The largest absolute Gasteiger partial charge is 0.465 e. The molecular formula is C12H19NO2. The van der Waals surface area contributed by atoms with Gasteiger partial charge in [0.25, 0.3) is 0 Å². The molecule has 1 aromatic rings. The first-order valence-corrected chi connectivity index (χ1v) is 5.64. The fourth-order valence-corrected chi connectivity index (χ4v) is 2.01. The van der Waals surface area contributed by atoms with Crippen molar-refractivity contribution < 1.29 is 9.15 Å². The van der Waals surface area contributed by atoms with Crippen LogP contribution in [0, 0.1) is 6.92 Å². The molecule has 84 valence electrons. The molecule has 0 saturated carbocycles. The molecule has 2 heterocycles. The van der Waals surface area contributed by atoms with Crippen LogP contribution in [-0.2, 0) is 11.3 Å². The van der Waals surface area contributed by atoms with E-state index >= 15 is 0 Å². The summed E-state index contributed by atoms with van der Waals surface area (Å²) in [5.74, 6) is 2.00. The molecule has 0 amide bonds.